The lowest BCUT2D eigenvalue weighted by molar-refractivity contribution is 0.102. The smallest absolute Gasteiger partial charge is 0.321 e. The van der Waals surface area contributed by atoms with Crippen molar-refractivity contribution in [1.29, 1.82) is 0 Å². The monoisotopic (exact) mass is 548 g/mol. The number of carbonyl (C=O) groups excluding carboxylic acids is 1. The molecule has 186 valence electrons. The van der Waals surface area contributed by atoms with Gasteiger partial charge in [-0.15, -0.1) is 0 Å². The summed E-state index contributed by atoms with van der Waals surface area (Å²) in [5.74, 6) is -0.391. The highest BCUT2D eigenvalue weighted by Crippen LogP contribution is 2.29. The zero-order chi connectivity index (χ0) is 25.9. The molecule has 36 heavy (non-hydrogen) atoms. The molecule has 0 aliphatic carbocycles. The molecule has 2 heterocycles. The molecule has 0 fully saturated rings. The average molecular weight is 549 g/mol. The standard InChI is InChI=1S/C22H18Cl2N6O5S/c1-34-20-11-19(26-22(27-20)35-2)30-36(32,33)14-6-4-13(5-7-14)25-21(31)18-10-17(28-29-18)15-8-3-12(23)9-16(15)24/h3-11H,1-2H3,(H,25,31)(H,28,29)(H,26,27,30). The number of aromatic amines is 1. The zero-order valence-electron chi connectivity index (χ0n) is 18.7. The number of halogens is 2. The van der Waals surface area contributed by atoms with Crippen LogP contribution in [0.15, 0.2) is 59.5 Å². The van der Waals surface area contributed by atoms with Gasteiger partial charge in [-0.05, 0) is 48.5 Å². The van der Waals surface area contributed by atoms with E-state index in [9.17, 15) is 13.2 Å². The van der Waals surface area contributed by atoms with Gasteiger partial charge >= 0.3 is 6.01 Å². The zero-order valence-corrected chi connectivity index (χ0v) is 21.1. The third-order valence-corrected chi connectivity index (χ3v) is 6.68. The number of hydrogen-bond acceptors (Lipinski definition) is 8. The number of hydrogen-bond donors (Lipinski definition) is 3. The maximum absolute atomic E-state index is 12.8. The molecule has 4 rings (SSSR count). The molecule has 0 aliphatic rings. The number of H-pyrrole nitrogens is 1. The van der Waals surface area contributed by atoms with Crippen LogP contribution in [0.3, 0.4) is 0 Å². The molecule has 0 spiro atoms. The third kappa shape index (κ3) is 5.67. The van der Waals surface area contributed by atoms with Gasteiger partial charge < -0.3 is 14.8 Å². The van der Waals surface area contributed by atoms with Gasteiger partial charge in [-0.2, -0.15) is 15.1 Å². The van der Waals surface area contributed by atoms with Crippen molar-refractivity contribution in [1.82, 2.24) is 20.2 Å². The maximum Gasteiger partial charge on any atom is 0.321 e. The van der Waals surface area contributed by atoms with Gasteiger partial charge in [-0.1, -0.05) is 23.2 Å². The summed E-state index contributed by atoms with van der Waals surface area (Å²) in [6, 6.07) is 13.3. The lowest BCUT2D eigenvalue weighted by Gasteiger charge is -2.10. The van der Waals surface area contributed by atoms with Crippen molar-refractivity contribution >= 4 is 50.6 Å². The second-order valence-electron chi connectivity index (χ2n) is 7.16. The predicted molar refractivity (Wildman–Crippen MR) is 134 cm³/mol. The highest BCUT2D eigenvalue weighted by molar-refractivity contribution is 7.92. The van der Waals surface area contributed by atoms with Crippen LogP contribution in [0, 0.1) is 0 Å². The summed E-state index contributed by atoms with van der Waals surface area (Å²) in [6.07, 6.45) is 0. The van der Waals surface area contributed by atoms with Crippen molar-refractivity contribution < 1.29 is 22.7 Å². The van der Waals surface area contributed by atoms with Crippen LogP contribution in [0.4, 0.5) is 11.5 Å². The van der Waals surface area contributed by atoms with E-state index >= 15 is 0 Å². The summed E-state index contributed by atoms with van der Waals surface area (Å²) in [4.78, 5) is 20.4. The van der Waals surface area contributed by atoms with Crippen LogP contribution in [0.25, 0.3) is 11.3 Å². The van der Waals surface area contributed by atoms with Crippen molar-refractivity contribution in [2.24, 2.45) is 0 Å². The minimum Gasteiger partial charge on any atom is -0.481 e. The lowest BCUT2D eigenvalue weighted by atomic mass is 10.1. The van der Waals surface area contributed by atoms with E-state index in [-0.39, 0.29) is 28.3 Å². The van der Waals surface area contributed by atoms with Gasteiger partial charge in [-0.25, -0.2) is 8.42 Å². The van der Waals surface area contributed by atoms with Gasteiger partial charge in [0, 0.05) is 22.3 Å². The minimum absolute atomic E-state index is 0.0353. The number of anilines is 2. The maximum atomic E-state index is 12.8. The molecule has 0 aliphatic heterocycles. The van der Waals surface area contributed by atoms with Crippen LogP contribution >= 0.6 is 23.2 Å². The van der Waals surface area contributed by atoms with Crippen LogP contribution < -0.4 is 19.5 Å². The Hall–Kier alpha value is -3.87. The first-order valence-corrected chi connectivity index (χ1v) is 12.3. The fourth-order valence-corrected chi connectivity index (χ4v) is 4.54. The lowest BCUT2D eigenvalue weighted by Crippen LogP contribution is -2.15. The molecule has 0 saturated heterocycles. The number of carbonyl (C=O) groups is 1. The SMILES string of the molecule is COc1cc(NS(=O)(=O)c2ccc(NC(=O)c3cc(-c4ccc(Cl)cc4Cl)n[nH]3)cc2)nc(OC)n1. The van der Waals surface area contributed by atoms with Gasteiger partial charge in [0.2, 0.25) is 5.88 Å². The summed E-state index contributed by atoms with van der Waals surface area (Å²) < 4.78 is 37.8. The Morgan fingerprint density at radius 2 is 1.72 bits per heavy atom. The highest BCUT2D eigenvalue weighted by atomic mass is 35.5. The van der Waals surface area contributed by atoms with Crippen LogP contribution in [-0.4, -0.2) is 48.7 Å². The number of aromatic nitrogens is 4. The minimum atomic E-state index is -4.00. The van der Waals surface area contributed by atoms with E-state index < -0.39 is 15.9 Å². The van der Waals surface area contributed by atoms with E-state index in [1.165, 1.54) is 50.6 Å². The number of ether oxygens (including phenoxy) is 2. The molecular formula is C22H18Cl2N6O5S. The molecule has 3 N–H and O–H groups in total. The Morgan fingerprint density at radius 1 is 0.972 bits per heavy atom. The first-order chi connectivity index (χ1) is 17.2. The van der Waals surface area contributed by atoms with E-state index in [0.29, 0.717) is 27.0 Å². The van der Waals surface area contributed by atoms with E-state index in [1.807, 2.05) is 0 Å². The molecule has 0 radical (unpaired) electrons. The number of benzene rings is 2. The second-order valence-corrected chi connectivity index (χ2v) is 9.68. The van der Waals surface area contributed by atoms with Crippen molar-refractivity contribution in [2.75, 3.05) is 24.3 Å². The van der Waals surface area contributed by atoms with E-state index in [1.54, 1.807) is 18.2 Å². The van der Waals surface area contributed by atoms with Gasteiger partial charge in [0.15, 0.2) is 5.82 Å². The first kappa shape index (κ1) is 25.2. The summed E-state index contributed by atoms with van der Waals surface area (Å²) in [7, 11) is -1.27. The molecule has 2 aromatic carbocycles. The van der Waals surface area contributed by atoms with E-state index in [4.69, 9.17) is 32.7 Å². The number of amides is 1. The Balaban J connectivity index is 1.46. The second kappa shape index (κ2) is 10.4. The highest BCUT2D eigenvalue weighted by Gasteiger charge is 2.18. The summed E-state index contributed by atoms with van der Waals surface area (Å²) in [5, 5.41) is 10.3. The van der Waals surface area contributed by atoms with Crippen molar-refractivity contribution in [2.45, 2.75) is 4.90 Å². The molecule has 11 nitrogen and oxygen atoms in total. The Labute approximate surface area is 215 Å². The fraction of sp³-hybridized carbons (Fsp3) is 0.0909. The fourth-order valence-electron chi connectivity index (χ4n) is 3.04. The number of methoxy groups -OCH3 is 2. The van der Waals surface area contributed by atoms with Gasteiger partial charge in [0.05, 0.1) is 29.8 Å². The van der Waals surface area contributed by atoms with Crippen molar-refractivity contribution in [3.05, 3.63) is 70.3 Å². The van der Waals surface area contributed by atoms with E-state index in [2.05, 4.69) is 30.2 Å². The van der Waals surface area contributed by atoms with Crippen molar-refractivity contribution in [3.8, 4) is 23.1 Å². The van der Waals surface area contributed by atoms with E-state index in [0.717, 1.165) is 0 Å². The number of sulfonamides is 1. The largest absolute Gasteiger partial charge is 0.481 e. The Kier molecular flexibility index (Phi) is 7.29. The number of nitrogens with zero attached hydrogens (tertiary/aromatic N) is 3. The van der Waals surface area contributed by atoms with Crippen LogP contribution in [0.5, 0.6) is 11.9 Å². The van der Waals surface area contributed by atoms with Crippen molar-refractivity contribution in [3.63, 3.8) is 0 Å². The topological polar surface area (TPSA) is 148 Å². The quantitative estimate of drug-likeness (QED) is 0.296. The predicted octanol–water partition coefficient (Wildman–Crippen LogP) is 4.24. The average Bonchev–Trinajstić information content (AvgIpc) is 3.34. The molecule has 0 unspecified atom stereocenters. The van der Waals surface area contributed by atoms with Crippen LogP contribution in [-0.2, 0) is 10.0 Å². The third-order valence-electron chi connectivity index (χ3n) is 4.76. The Morgan fingerprint density at radius 3 is 2.39 bits per heavy atom. The number of nitrogens with one attached hydrogen (secondary N) is 3. The first-order valence-electron chi connectivity index (χ1n) is 10.1. The Bertz CT molecular complexity index is 1500. The molecule has 4 aromatic rings. The summed E-state index contributed by atoms with van der Waals surface area (Å²) in [6.45, 7) is 0. The van der Waals surface area contributed by atoms with Gasteiger partial charge in [0.1, 0.15) is 5.69 Å². The normalized spacial score (nSPS) is 11.1. The molecular weight excluding hydrogens is 531 g/mol. The van der Waals surface area contributed by atoms with Crippen LogP contribution in [0.2, 0.25) is 10.0 Å². The molecule has 0 atom stereocenters. The summed E-state index contributed by atoms with van der Waals surface area (Å²) >= 11 is 12.1. The molecule has 1 amide bonds. The molecule has 0 saturated carbocycles. The van der Waals surface area contributed by atoms with Gasteiger partial charge in [0.25, 0.3) is 15.9 Å². The van der Waals surface area contributed by atoms with Gasteiger partial charge in [-0.3, -0.25) is 14.6 Å². The van der Waals surface area contributed by atoms with Crippen LogP contribution in [0.1, 0.15) is 10.5 Å². The molecule has 2 aromatic heterocycles. The number of rotatable bonds is 8. The molecule has 0 bridgehead atoms. The summed E-state index contributed by atoms with van der Waals surface area (Å²) in [5.41, 5.74) is 1.62. The molecule has 14 heteroatoms.